The third-order valence-electron chi connectivity index (χ3n) is 5.41. The second-order valence-electron chi connectivity index (χ2n) is 7.27. The van der Waals surface area contributed by atoms with Crippen molar-refractivity contribution in [3.8, 4) is 11.1 Å². The molecule has 3 aromatic rings. The van der Waals surface area contributed by atoms with Gasteiger partial charge in [-0.25, -0.2) is 0 Å². The Morgan fingerprint density at radius 1 is 1.14 bits per heavy atom. The van der Waals surface area contributed by atoms with Crippen molar-refractivity contribution in [1.82, 2.24) is 20.1 Å². The molecule has 4 heterocycles. The Bertz CT molecular complexity index is 1010. The van der Waals surface area contributed by atoms with E-state index >= 15 is 0 Å². The molecule has 1 N–H and O–H groups in total. The number of hydrogen-bond acceptors (Lipinski definition) is 6. The highest BCUT2D eigenvalue weighted by Gasteiger charge is 2.23. The van der Waals surface area contributed by atoms with Crippen LogP contribution in [0.1, 0.15) is 27.7 Å². The highest BCUT2D eigenvalue weighted by Crippen LogP contribution is 2.39. The fourth-order valence-corrected chi connectivity index (χ4v) is 5.06. The van der Waals surface area contributed by atoms with E-state index < -0.39 is 0 Å². The van der Waals surface area contributed by atoms with Gasteiger partial charge in [-0.3, -0.25) is 4.79 Å². The summed E-state index contributed by atoms with van der Waals surface area (Å²) in [5.41, 5.74) is 2.23. The van der Waals surface area contributed by atoms with Crippen LogP contribution >= 0.6 is 11.3 Å². The minimum absolute atomic E-state index is 0.0676. The lowest BCUT2D eigenvalue weighted by molar-refractivity contribution is 0.0953. The number of hydrogen-bond donors (Lipinski definition) is 1. The van der Waals surface area contributed by atoms with E-state index in [1.165, 1.54) is 0 Å². The zero-order chi connectivity index (χ0) is 19.6. The first-order valence-corrected chi connectivity index (χ1v) is 10.8. The third kappa shape index (κ3) is 3.65. The molecule has 1 aromatic carbocycles. The number of fused-ring (bicyclic) bond motifs is 1. The number of carbonyl (C=O) groups is 1. The van der Waals surface area contributed by atoms with E-state index in [-0.39, 0.29) is 5.91 Å². The Kier molecular flexibility index (Phi) is 5.03. The van der Waals surface area contributed by atoms with E-state index in [0.717, 1.165) is 60.3 Å². The number of amides is 1. The summed E-state index contributed by atoms with van der Waals surface area (Å²) in [6.45, 7) is 4.45. The van der Waals surface area contributed by atoms with E-state index in [0.29, 0.717) is 24.6 Å². The van der Waals surface area contributed by atoms with Gasteiger partial charge in [-0.05, 0) is 18.1 Å². The molecule has 1 saturated heterocycles. The van der Waals surface area contributed by atoms with Gasteiger partial charge >= 0.3 is 0 Å². The summed E-state index contributed by atoms with van der Waals surface area (Å²) in [6, 6.07) is 12.3. The molecule has 0 radical (unpaired) electrons. The van der Waals surface area contributed by atoms with Crippen LogP contribution in [-0.4, -0.2) is 47.0 Å². The zero-order valence-electron chi connectivity index (χ0n) is 16.1. The molecule has 8 heteroatoms. The fourth-order valence-electron chi connectivity index (χ4n) is 3.91. The lowest BCUT2D eigenvalue weighted by Gasteiger charge is -2.28. The van der Waals surface area contributed by atoms with Crippen LogP contribution in [0.15, 0.2) is 36.4 Å². The first kappa shape index (κ1) is 18.3. The molecule has 0 bridgehead atoms. The van der Waals surface area contributed by atoms with Gasteiger partial charge in [-0.1, -0.05) is 30.3 Å². The number of carbonyl (C=O) groups excluding carboxylic acids is 1. The normalized spacial score (nSPS) is 16.1. The molecular weight excluding hydrogens is 386 g/mol. The quantitative estimate of drug-likeness (QED) is 0.702. The van der Waals surface area contributed by atoms with Crippen molar-refractivity contribution in [1.29, 1.82) is 0 Å². The first-order valence-electron chi connectivity index (χ1n) is 10.0. The maximum Gasteiger partial charge on any atom is 0.261 e. The number of benzene rings is 1. The molecular formula is C21H23N5O2S. The van der Waals surface area contributed by atoms with Crippen molar-refractivity contribution >= 4 is 22.2 Å². The molecule has 0 unspecified atom stereocenters. The number of thiophene rings is 1. The Hall–Kier alpha value is -2.71. The molecule has 150 valence electrons. The molecule has 0 aliphatic carbocycles. The summed E-state index contributed by atoms with van der Waals surface area (Å²) in [6.07, 6.45) is 2.06. The average molecular weight is 410 g/mol. The zero-order valence-corrected chi connectivity index (χ0v) is 17.0. The van der Waals surface area contributed by atoms with Crippen LogP contribution < -0.4 is 10.2 Å². The van der Waals surface area contributed by atoms with Crippen LogP contribution in [0, 0.1) is 0 Å². The number of nitrogens with zero attached hydrogens (tertiary/aromatic N) is 4. The van der Waals surface area contributed by atoms with Crippen LogP contribution in [-0.2, 0) is 24.2 Å². The number of aromatic nitrogens is 3. The lowest BCUT2D eigenvalue weighted by Crippen LogP contribution is -2.35. The van der Waals surface area contributed by atoms with Crippen molar-refractivity contribution in [3.05, 3.63) is 52.9 Å². The number of anilines is 1. The summed E-state index contributed by atoms with van der Waals surface area (Å²) in [4.78, 5) is 16.0. The molecule has 1 amide bonds. The van der Waals surface area contributed by atoms with Crippen LogP contribution in [0.4, 0.5) is 5.00 Å². The van der Waals surface area contributed by atoms with Crippen molar-refractivity contribution in [2.75, 3.05) is 31.2 Å². The molecule has 2 aliphatic rings. The standard InChI is InChI=1S/C21H23N5O2S/c27-20(22-14-19-24-23-18-7-4-8-26(18)19)17-13-16(15-5-2-1-3-6-15)21(29-17)25-9-11-28-12-10-25/h1-3,5-6,13H,4,7-12,14H2,(H,22,27). The Morgan fingerprint density at radius 3 is 2.79 bits per heavy atom. The predicted molar refractivity (Wildman–Crippen MR) is 112 cm³/mol. The maximum atomic E-state index is 12.9. The van der Waals surface area contributed by atoms with Gasteiger partial charge in [0.1, 0.15) is 5.82 Å². The summed E-state index contributed by atoms with van der Waals surface area (Å²) >= 11 is 1.55. The van der Waals surface area contributed by atoms with Crippen molar-refractivity contribution < 1.29 is 9.53 Å². The topological polar surface area (TPSA) is 72.3 Å². The van der Waals surface area contributed by atoms with E-state index in [2.05, 4.69) is 37.1 Å². The van der Waals surface area contributed by atoms with Crippen LogP contribution in [0.25, 0.3) is 11.1 Å². The Balaban J connectivity index is 1.39. The number of nitrogens with one attached hydrogen (secondary N) is 1. The van der Waals surface area contributed by atoms with Crippen molar-refractivity contribution in [3.63, 3.8) is 0 Å². The van der Waals surface area contributed by atoms with Gasteiger partial charge in [0.05, 0.1) is 29.6 Å². The van der Waals surface area contributed by atoms with Crippen LogP contribution in [0.5, 0.6) is 0 Å². The molecule has 0 saturated carbocycles. The maximum absolute atomic E-state index is 12.9. The molecule has 5 rings (SSSR count). The number of aryl methyl sites for hydroxylation is 1. The predicted octanol–water partition coefficient (Wildman–Crippen LogP) is 2.72. The molecule has 0 spiro atoms. The first-order chi connectivity index (χ1) is 14.3. The molecule has 7 nitrogen and oxygen atoms in total. The van der Waals surface area contributed by atoms with Crippen LogP contribution in [0.2, 0.25) is 0 Å². The monoisotopic (exact) mass is 409 g/mol. The smallest absolute Gasteiger partial charge is 0.261 e. The highest BCUT2D eigenvalue weighted by molar-refractivity contribution is 7.18. The van der Waals surface area contributed by atoms with Gasteiger partial charge < -0.3 is 19.5 Å². The van der Waals surface area contributed by atoms with E-state index in [9.17, 15) is 4.79 Å². The van der Waals surface area contributed by atoms with Gasteiger partial charge in [0, 0.05) is 31.6 Å². The largest absolute Gasteiger partial charge is 0.378 e. The second-order valence-corrected chi connectivity index (χ2v) is 8.30. The van der Waals surface area contributed by atoms with Gasteiger partial charge in [0.25, 0.3) is 5.91 Å². The molecule has 2 aliphatic heterocycles. The van der Waals surface area contributed by atoms with Gasteiger partial charge in [0.2, 0.25) is 0 Å². The summed E-state index contributed by atoms with van der Waals surface area (Å²) in [5, 5.41) is 12.6. The summed E-state index contributed by atoms with van der Waals surface area (Å²) in [5.74, 6) is 1.78. The SMILES string of the molecule is O=C(NCc1nnc2n1CCC2)c1cc(-c2ccccc2)c(N2CCOCC2)s1. The Labute approximate surface area is 173 Å². The number of morpholine rings is 1. The van der Waals surface area contributed by atoms with E-state index in [1.807, 2.05) is 24.3 Å². The molecule has 29 heavy (non-hydrogen) atoms. The number of ether oxygens (including phenoxy) is 1. The third-order valence-corrected chi connectivity index (χ3v) is 6.61. The van der Waals surface area contributed by atoms with Crippen LogP contribution in [0.3, 0.4) is 0 Å². The van der Waals surface area contributed by atoms with E-state index in [4.69, 9.17) is 4.74 Å². The van der Waals surface area contributed by atoms with Crippen molar-refractivity contribution in [2.24, 2.45) is 0 Å². The molecule has 0 atom stereocenters. The highest BCUT2D eigenvalue weighted by atomic mass is 32.1. The molecule has 2 aromatic heterocycles. The van der Waals surface area contributed by atoms with Gasteiger partial charge in [0.15, 0.2) is 5.82 Å². The molecule has 1 fully saturated rings. The summed E-state index contributed by atoms with van der Waals surface area (Å²) in [7, 11) is 0. The Morgan fingerprint density at radius 2 is 1.97 bits per heavy atom. The minimum atomic E-state index is -0.0676. The second kappa shape index (κ2) is 7.96. The summed E-state index contributed by atoms with van der Waals surface area (Å²) < 4.78 is 7.62. The minimum Gasteiger partial charge on any atom is -0.378 e. The fraction of sp³-hybridized carbons (Fsp3) is 0.381. The van der Waals surface area contributed by atoms with Gasteiger partial charge in [-0.15, -0.1) is 21.5 Å². The number of rotatable bonds is 5. The average Bonchev–Trinajstić information content (AvgIpc) is 3.49. The van der Waals surface area contributed by atoms with Crippen molar-refractivity contribution in [2.45, 2.75) is 25.9 Å². The lowest BCUT2D eigenvalue weighted by atomic mass is 10.1. The van der Waals surface area contributed by atoms with E-state index in [1.54, 1.807) is 11.3 Å². The van der Waals surface area contributed by atoms with Gasteiger partial charge in [-0.2, -0.15) is 0 Å².